The highest BCUT2D eigenvalue weighted by Crippen LogP contribution is 2.18. The third kappa shape index (κ3) is 5.33. The van der Waals surface area contributed by atoms with Crippen molar-refractivity contribution in [1.29, 1.82) is 0 Å². The standard InChI is InChI=1S/C17H27NO/c1-2-16(15-17-7-4-3-5-8-17)9-6-10-18-11-13-19-14-12-18/h3-5,7-8,16H,2,6,9-15H2,1H3. The van der Waals surface area contributed by atoms with Crippen LogP contribution < -0.4 is 0 Å². The summed E-state index contributed by atoms with van der Waals surface area (Å²) in [6, 6.07) is 10.9. The summed E-state index contributed by atoms with van der Waals surface area (Å²) < 4.78 is 5.39. The maximum absolute atomic E-state index is 5.39. The van der Waals surface area contributed by atoms with Gasteiger partial charge >= 0.3 is 0 Å². The molecule has 0 bridgehead atoms. The molecule has 0 saturated carbocycles. The van der Waals surface area contributed by atoms with E-state index in [0.29, 0.717) is 0 Å². The molecule has 1 aliphatic heterocycles. The van der Waals surface area contributed by atoms with Gasteiger partial charge in [-0.2, -0.15) is 0 Å². The second-order valence-corrected chi connectivity index (χ2v) is 5.56. The molecule has 1 saturated heterocycles. The van der Waals surface area contributed by atoms with Gasteiger partial charge in [0.25, 0.3) is 0 Å². The summed E-state index contributed by atoms with van der Waals surface area (Å²) in [5.74, 6) is 0.837. The molecule has 0 radical (unpaired) electrons. The van der Waals surface area contributed by atoms with Crippen LogP contribution in [0.1, 0.15) is 31.7 Å². The van der Waals surface area contributed by atoms with E-state index < -0.39 is 0 Å². The van der Waals surface area contributed by atoms with Crippen LogP contribution in [0, 0.1) is 5.92 Å². The largest absolute Gasteiger partial charge is 0.379 e. The van der Waals surface area contributed by atoms with Crippen molar-refractivity contribution in [3.05, 3.63) is 35.9 Å². The Labute approximate surface area is 117 Å². The fraction of sp³-hybridized carbons (Fsp3) is 0.647. The lowest BCUT2D eigenvalue weighted by molar-refractivity contribution is 0.0366. The maximum atomic E-state index is 5.39. The van der Waals surface area contributed by atoms with Crippen molar-refractivity contribution < 1.29 is 4.74 Å². The van der Waals surface area contributed by atoms with Crippen molar-refractivity contribution >= 4 is 0 Å². The predicted molar refractivity (Wildman–Crippen MR) is 80.4 cm³/mol. The van der Waals surface area contributed by atoms with Crippen LogP contribution >= 0.6 is 0 Å². The molecule has 1 aromatic carbocycles. The SMILES string of the molecule is CCC(CCCN1CCOCC1)Cc1ccccc1. The van der Waals surface area contributed by atoms with Gasteiger partial charge in [-0.15, -0.1) is 0 Å². The Morgan fingerprint density at radius 2 is 1.89 bits per heavy atom. The molecule has 0 N–H and O–H groups in total. The molecule has 19 heavy (non-hydrogen) atoms. The van der Waals surface area contributed by atoms with Gasteiger partial charge in [0, 0.05) is 13.1 Å². The second-order valence-electron chi connectivity index (χ2n) is 5.56. The van der Waals surface area contributed by atoms with Crippen LogP contribution in [-0.4, -0.2) is 37.7 Å². The molecular formula is C17H27NO. The minimum absolute atomic E-state index is 0.837. The summed E-state index contributed by atoms with van der Waals surface area (Å²) in [6.45, 7) is 7.64. The van der Waals surface area contributed by atoms with Gasteiger partial charge < -0.3 is 4.74 Å². The van der Waals surface area contributed by atoms with E-state index in [1.54, 1.807) is 0 Å². The number of rotatable bonds is 7. The predicted octanol–water partition coefficient (Wildman–Crippen LogP) is 3.37. The van der Waals surface area contributed by atoms with Gasteiger partial charge in [0.15, 0.2) is 0 Å². The lowest BCUT2D eigenvalue weighted by atomic mass is 9.92. The lowest BCUT2D eigenvalue weighted by Gasteiger charge is -2.27. The smallest absolute Gasteiger partial charge is 0.0594 e. The third-order valence-electron chi connectivity index (χ3n) is 4.13. The summed E-state index contributed by atoms with van der Waals surface area (Å²) in [6.07, 6.45) is 5.20. The number of benzene rings is 1. The van der Waals surface area contributed by atoms with Crippen LogP contribution in [0.5, 0.6) is 0 Å². The van der Waals surface area contributed by atoms with E-state index in [-0.39, 0.29) is 0 Å². The van der Waals surface area contributed by atoms with E-state index in [9.17, 15) is 0 Å². The molecule has 0 aliphatic carbocycles. The van der Waals surface area contributed by atoms with E-state index in [1.807, 2.05) is 0 Å². The maximum Gasteiger partial charge on any atom is 0.0594 e. The Bertz CT molecular complexity index is 332. The van der Waals surface area contributed by atoms with Gasteiger partial charge in [0.05, 0.1) is 13.2 Å². The number of ether oxygens (including phenoxy) is 1. The first kappa shape index (κ1) is 14.5. The van der Waals surface area contributed by atoms with Crippen molar-refractivity contribution in [2.24, 2.45) is 5.92 Å². The Morgan fingerprint density at radius 3 is 2.58 bits per heavy atom. The zero-order valence-corrected chi connectivity index (χ0v) is 12.2. The molecular weight excluding hydrogens is 234 g/mol. The first-order chi connectivity index (χ1) is 9.38. The molecule has 0 amide bonds. The Kier molecular flexibility index (Phi) is 6.38. The van der Waals surface area contributed by atoms with Crippen molar-refractivity contribution in [3.63, 3.8) is 0 Å². The van der Waals surface area contributed by atoms with Crippen LogP contribution in [0.25, 0.3) is 0 Å². The van der Waals surface area contributed by atoms with Gasteiger partial charge in [-0.3, -0.25) is 4.90 Å². The van der Waals surface area contributed by atoms with E-state index in [2.05, 4.69) is 42.2 Å². The first-order valence-corrected chi connectivity index (χ1v) is 7.72. The third-order valence-corrected chi connectivity index (χ3v) is 4.13. The monoisotopic (exact) mass is 261 g/mol. The van der Waals surface area contributed by atoms with Crippen LogP contribution in [0.3, 0.4) is 0 Å². The molecule has 2 rings (SSSR count). The quantitative estimate of drug-likeness (QED) is 0.746. The highest BCUT2D eigenvalue weighted by Gasteiger charge is 2.12. The average Bonchev–Trinajstić information content (AvgIpc) is 2.48. The van der Waals surface area contributed by atoms with Crippen molar-refractivity contribution in [2.75, 3.05) is 32.8 Å². The number of nitrogens with zero attached hydrogens (tertiary/aromatic N) is 1. The number of hydrogen-bond acceptors (Lipinski definition) is 2. The van der Waals surface area contributed by atoms with Gasteiger partial charge in [-0.05, 0) is 37.3 Å². The number of hydrogen-bond donors (Lipinski definition) is 0. The first-order valence-electron chi connectivity index (χ1n) is 7.72. The molecule has 1 heterocycles. The van der Waals surface area contributed by atoms with Crippen molar-refractivity contribution in [1.82, 2.24) is 4.90 Å². The van der Waals surface area contributed by atoms with Gasteiger partial charge in [0.1, 0.15) is 0 Å². The van der Waals surface area contributed by atoms with Crippen LogP contribution in [0.2, 0.25) is 0 Å². The molecule has 1 atom stereocenters. The normalized spacial score (nSPS) is 18.4. The molecule has 1 unspecified atom stereocenters. The summed E-state index contributed by atoms with van der Waals surface area (Å²) in [7, 11) is 0. The summed E-state index contributed by atoms with van der Waals surface area (Å²) >= 11 is 0. The highest BCUT2D eigenvalue weighted by molar-refractivity contribution is 5.15. The van der Waals surface area contributed by atoms with Gasteiger partial charge in [0.2, 0.25) is 0 Å². The zero-order valence-electron chi connectivity index (χ0n) is 12.2. The van der Waals surface area contributed by atoms with Crippen molar-refractivity contribution in [3.8, 4) is 0 Å². The minimum atomic E-state index is 0.837. The van der Waals surface area contributed by atoms with E-state index >= 15 is 0 Å². The summed E-state index contributed by atoms with van der Waals surface area (Å²) in [5.41, 5.74) is 1.49. The minimum Gasteiger partial charge on any atom is -0.379 e. The van der Waals surface area contributed by atoms with E-state index in [4.69, 9.17) is 4.74 Å². The molecule has 1 aliphatic rings. The summed E-state index contributed by atoms with van der Waals surface area (Å²) in [5, 5.41) is 0. The fourth-order valence-electron chi connectivity index (χ4n) is 2.83. The molecule has 0 aromatic heterocycles. The topological polar surface area (TPSA) is 12.5 Å². The van der Waals surface area contributed by atoms with Crippen LogP contribution in [0.4, 0.5) is 0 Å². The van der Waals surface area contributed by atoms with E-state index in [1.165, 1.54) is 37.8 Å². The molecule has 1 aromatic rings. The van der Waals surface area contributed by atoms with Crippen molar-refractivity contribution in [2.45, 2.75) is 32.6 Å². The molecule has 1 fully saturated rings. The van der Waals surface area contributed by atoms with Crippen LogP contribution in [0.15, 0.2) is 30.3 Å². The molecule has 2 heteroatoms. The van der Waals surface area contributed by atoms with E-state index in [0.717, 1.165) is 32.2 Å². The zero-order chi connectivity index (χ0) is 13.3. The fourth-order valence-corrected chi connectivity index (χ4v) is 2.83. The Balaban J connectivity index is 1.67. The molecule has 0 spiro atoms. The summed E-state index contributed by atoms with van der Waals surface area (Å²) in [4.78, 5) is 2.54. The van der Waals surface area contributed by atoms with Crippen LogP contribution in [-0.2, 0) is 11.2 Å². The van der Waals surface area contributed by atoms with Gasteiger partial charge in [-0.1, -0.05) is 43.7 Å². The Hall–Kier alpha value is -0.860. The Morgan fingerprint density at radius 1 is 1.16 bits per heavy atom. The molecule has 106 valence electrons. The van der Waals surface area contributed by atoms with Gasteiger partial charge in [-0.25, -0.2) is 0 Å². The average molecular weight is 261 g/mol. The second kappa shape index (κ2) is 8.34. The number of morpholine rings is 1. The highest BCUT2D eigenvalue weighted by atomic mass is 16.5. The molecule has 2 nitrogen and oxygen atoms in total. The lowest BCUT2D eigenvalue weighted by Crippen LogP contribution is -2.36.